The first-order chi connectivity index (χ1) is 14.6. The Kier molecular flexibility index (Phi) is 5.96. The molecule has 9 heteroatoms. The predicted octanol–water partition coefficient (Wildman–Crippen LogP) is 2.37. The summed E-state index contributed by atoms with van der Waals surface area (Å²) in [4.78, 5) is 50.3. The molecular formula is C22H24N4O5. The summed E-state index contributed by atoms with van der Waals surface area (Å²) in [5.74, 6) is -1.01. The van der Waals surface area contributed by atoms with E-state index < -0.39 is 29.9 Å². The number of rotatable bonds is 6. The molecule has 0 aliphatic carbocycles. The fourth-order valence-corrected chi connectivity index (χ4v) is 3.34. The summed E-state index contributed by atoms with van der Waals surface area (Å²) in [5, 5.41) is 7.92. The predicted molar refractivity (Wildman–Crippen MR) is 115 cm³/mol. The van der Waals surface area contributed by atoms with E-state index in [1.54, 1.807) is 31.2 Å². The molecule has 31 heavy (non-hydrogen) atoms. The molecule has 0 spiro atoms. The van der Waals surface area contributed by atoms with Gasteiger partial charge in [-0.25, -0.2) is 4.79 Å². The number of hydrogen-bond donors (Lipinski definition) is 3. The van der Waals surface area contributed by atoms with Gasteiger partial charge < -0.3 is 20.7 Å². The van der Waals surface area contributed by atoms with Crippen LogP contribution in [0.3, 0.4) is 0 Å². The number of nitrogens with zero attached hydrogens (tertiary/aromatic N) is 1. The van der Waals surface area contributed by atoms with Gasteiger partial charge in [-0.15, -0.1) is 0 Å². The normalized spacial score (nSPS) is 17.9. The van der Waals surface area contributed by atoms with Crippen LogP contribution in [0.5, 0.6) is 5.75 Å². The molecule has 1 unspecified atom stereocenters. The van der Waals surface area contributed by atoms with Crippen LogP contribution in [0.2, 0.25) is 0 Å². The lowest BCUT2D eigenvalue weighted by molar-refractivity contribution is -0.133. The van der Waals surface area contributed by atoms with E-state index >= 15 is 0 Å². The first kappa shape index (κ1) is 21.8. The average Bonchev–Trinajstić information content (AvgIpc) is 2.92. The highest BCUT2D eigenvalue weighted by Crippen LogP contribution is 2.30. The topological polar surface area (TPSA) is 117 Å². The minimum absolute atomic E-state index is 0.267. The van der Waals surface area contributed by atoms with Gasteiger partial charge in [0.25, 0.3) is 5.91 Å². The summed E-state index contributed by atoms with van der Waals surface area (Å²) < 4.78 is 5.23. The van der Waals surface area contributed by atoms with E-state index in [1.165, 1.54) is 20.1 Å². The second-order valence-corrected chi connectivity index (χ2v) is 7.46. The molecule has 1 fully saturated rings. The molecule has 1 aliphatic rings. The zero-order chi connectivity index (χ0) is 22.8. The first-order valence-corrected chi connectivity index (χ1v) is 9.61. The second kappa shape index (κ2) is 8.47. The van der Waals surface area contributed by atoms with Crippen molar-refractivity contribution in [1.82, 2.24) is 10.2 Å². The van der Waals surface area contributed by atoms with E-state index in [9.17, 15) is 19.2 Å². The Hall–Kier alpha value is -3.88. The van der Waals surface area contributed by atoms with E-state index in [0.717, 1.165) is 10.5 Å². The Morgan fingerprint density at radius 3 is 2.39 bits per heavy atom. The van der Waals surface area contributed by atoms with Crippen molar-refractivity contribution in [2.45, 2.75) is 26.3 Å². The maximum Gasteiger partial charge on any atom is 0.325 e. The number of anilines is 2. The molecule has 3 rings (SSSR count). The van der Waals surface area contributed by atoms with E-state index in [-0.39, 0.29) is 5.91 Å². The summed E-state index contributed by atoms with van der Waals surface area (Å²) in [6.45, 7) is 4.42. The van der Waals surface area contributed by atoms with Gasteiger partial charge in [-0.1, -0.05) is 29.8 Å². The molecule has 1 heterocycles. The molecular weight excluding hydrogens is 400 g/mol. The van der Waals surface area contributed by atoms with E-state index in [1.807, 2.05) is 19.1 Å². The van der Waals surface area contributed by atoms with E-state index in [4.69, 9.17) is 4.74 Å². The number of carbonyl (C=O) groups is 4. The Bertz CT molecular complexity index is 1050. The molecule has 0 aromatic heterocycles. The van der Waals surface area contributed by atoms with Crippen molar-refractivity contribution in [3.05, 3.63) is 53.6 Å². The third-order valence-corrected chi connectivity index (χ3v) is 5.00. The van der Waals surface area contributed by atoms with Gasteiger partial charge in [0, 0.05) is 12.6 Å². The van der Waals surface area contributed by atoms with Crippen LogP contribution in [0.4, 0.5) is 16.2 Å². The Balaban J connectivity index is 1.76. The van der Waals surface area contributed by atoms with Crippen LogP contribution in [-0.2, 0) is 19.9 Å². The number of nitrogens with one attached hydrogen (secondary N) is 3. The van der Waals surface area contributed by atoms with Crippen LogP contribution in [0, 0.1) is 6.92 Å². The standard InChI is InChI=1S/C22H24N4O5/c1-13-5-7-15(8-6-13)22(3)20(29)26(21(30)25-22)12-19(28)24-17-11-16(23-14(2)27)9-10-18(17)31-4/h5-11H,12H2,1-4H3,(H,23,27)(H,24,28)(H,25,30). The molecule has 0 saturated carbocycles. The summed E-state index contributed by atoms with van der Waals surface area (Å²) >= 11 is 0. The molecule has 1 saturated heterocycles. The van der Waals surface area contributed by atoms with Crippen LogP contribution in [-0.4, -0.2) is 42.3 Å². The van der Waals surface area contributed by atoms with Crippen LogP contribution in [0.15, 0.2) is 42.5 Å². The fourth-order valence-electron chi connectivity index (χ4n) is 3.34. The molecule has 1 aliphatic heterocycles. The first-order valence-electron chi connectivity index (χ1n) is 9.61. The molecule has 1 atom stereocenters. The zero-order valence-corrected chi connectivity index (χ0v) is 17.7. The lowest BCUT2D eigenvalue weighted by Crippen LogP contribution is -2.42. The van der Waals surface area contributed by atoms with Crippen LogP contribution in [0.25, 0.3) is 0 Å². The fraction of sp³-hybridized carbons (Fsp3) is 0.273. The third-order valence-electron chi connectivity index (χ3n) is 5.00. The molecule has 5 amide bonds. The number of aryl methyl sites for hydroxylation is 1. The highest BCUT2D eigenvalue weighted by Gasteiger charge is 2.49. The van der Waals surface area contributed by atoms with Gasteiger partial charge >= 0.3 is 6.03 Å². The molecule has 3 N–H and O–H groups in total. The van der Waals surface area contributed by atoms with Crippen LogP contribution < -0.4 is 20.7 Å². The SMILES string of the molecule is COc1ccc(NC(C)=O)cc1NC(=O)CN1C(=O)NC(C)(c2ccc(C)cc2)C1=O. The Morgan fingerprint density at radius 1 is 1.10 bits per heavy atom. The smallest absolute Gasteiger partial charge is 0.325 e. The Labute approximate surface area is 179 Å². The van der Waals surface area contributed by atoms with Crippen molar-refractivity contribution in [2.24, 2.45) is 0 Å². The molecule has 2 aromatic rings. The van der Waals surface area contributed by atoms with Crippen molar-refractivity contribution in [1.29, 1.82) is 0 Å². The number of hydrogen-bond acceptors (Lipinski definition) is 5. The Morgan fingerprint density at radius 2 is 1.77 bits per heavy atom. The number of methoxy groups -OCH3 is 1. The van der Waals surface area contributed by atoms with Crippen molar-refractivity contribution < 1.29 is 23.9 Å². The second-order valence-electron chi connectivity index (χ2n) is 7.46. The minimum Gasteiger partial charge on any atom is -0.495 e. The summed E-state index contributed by atoms with van der Waals surface area (Å²) in [7, 11) is 1.44. The van der Waals surface area contributed by atoms with Crippen molar-refractivity contribution in [3.63, 3.8) is 0 Å². The van der Waals surface area contributed by atoms with Crippen LogP contribution in [0.1, 0.15) is 25.0 Å². The average molecular weight is 424 g/mol. The quantitative estimate of drug-likeness (QED) is 0.616. The van der Waals surface area contributed by atoms with Gasteiger partial charge in [0.1, 0.15) is 17.8 Å². The summed E-state index contributed by atoms with van der Waals surface area (Å²) in [6, 6.07) is 11.3. The van der Waals surface area contributed by atoms with E-state index in [0.29, 0.717) is 22.7 Å². The summed E-state index contributed by atoms with van der Waals surface area (Å²) in [5.41, 5.74) is 1.16. The van der Waals surface area contributed by atoms with Gasteiger partial charge in [0.05, 0.1) is 12.8 Å². The lowest BCUT2D eigenvalue weighted by atomic mass is 9.91. The largest absolute Gasteiger partial charge is 0.495 e. The minimum atomic E-state index is -1.26. The number of urea groups is 1. The van der Waals surface area contributed by atoms with Crippen molar-refractivity contribution in [3.8, 4) is 5.75 Å². The maximum atomic E-state index is 13.0. The van der Waals surface area contributed by atoms with Crippen molar-refractivity contribution >= 4 is 35.1 Å². The molecule has 9 nitrogen and oxygen atoms in total. The van der Waals surface area contributed by atoms with Crippen molar-refractivity contribution in [2.75, 3.05) is 24.3 Å². The maximum absolute atomic E-state index is 13.0. The number of ether oxygens (including phenoxy) is 1. The molecule has 0 bridgehead atoms. The number of benzene rings is 2. The third kappa shape index (κ3) is 4.50. The summed E-state index contributed by atoms with van der Waals surface area (Å²) in [6.07, 6.45) is 0. The van der Waals surface area contributed by atoms with Gasteiger partial charge in [0.15, 0.2) is 0 Å². The highest BCUT2D eigenvalue weighted by molar-refractivity contribution is 6.10. The molecule has 2 aromatic carbocycles. The number of carbonyl (C=O) groups excluding carboxylic acids is 4. The number of imide groups is 1. The van der Waals surface area contributed by atoms with Crippen LogP contribution >= 0.6 is 0 Å². The number of amides is 5. The molecule has 0 radical (unpaired) electrons. The van der Waals surface area contributed by atoms with Gasteiger partial charge in [0.2, 0.25) is 11.8 Å². The lowest BCUT2D eigenvalue weighted by Gasteiger charge is -2.22. The zero-order valence-electron chi connectivity index (χ0n) is 17.7. The van der Waals surface area contributed by atoms with Gasteiger partial charge in [-0.3, -0.25) is 19.3 Å². The highest BCUT2D eigenvalue weighted by atomic mass is 16.5. The monoisotopic (exact) mass is 424 g/mol. The van der Waals surface area contributed by atoms with E-state index in [2.05, 4.69) is 16.0 Å². The van der Waals surface area contributed by atoms with Gasteiger partial charge in [-0.2, -0.15) is 0 Å². The molecule has 162 valence electrons. The van der Waals surface area contributed by atoms with Gasteiger partial charge in [-0.05, 0) is 37.6 Å².